The minimum Gasteiger partial charge on any atom is -0.293 e. The van der Waals surface area contributed by atoms with Crippen molar-refractivity contribution in [1.29, 1.82) is 0 Å². The summed E-state index contributed by atoms with van der Waals surface area (Å²) in [6.45, 7) is 0. The second-order valence-electron chi connectivity index (χ2n) is 4.81. The van der Waals surface area contributed by atoms with Crippen molar-refractivity contribution in [3.05, 3.63) is 145 Å². The smallest absolute Gasteiger partial charge is 0 e. The molecule has 0 saturated carbocycles. The van der Waals surface area contributed by atoms with Crippen LogP contribution in [0.5, 0.6) is 0 Å². The third-order valence-electron chi connectivity index (χ3n) is 2.71. The van der Waals surface area contributed by atoms with Gasteiger partial charge in [-0.05, 0) is 0 Å². The van der Waals surface area contributed by atoms with Crippen LogP contribution < -0.4 is 0 Å². The number of allylic oxidation sites excluding steroid dienone is 5. The van der Waals surface area contributed by atoms with E-state index >= 15 is 0 Å². The summed E-state index contributed by atoms with van der Waals surface area (Å²) >= 11 is 0. The van der Waals surface area contributed by atoms with Gasteiger partial charge in [-0.25, -0.2) is 29.8 Å². The summed E-state index contributed by atoms with van der Waals surface area (Å²) in [5.74, 6) is 4.94. The normalized spacial score (nSPS) is 10.4. The molecule has 0 atom stereocenters. The Balaban J connectivity index is -0.000000298. The third kappa shape index (κ3) is 26.5. The molecular weight excluding hydrogens is 505 g/mol. The van der Waals surface area contributed by atoms with Crippen LogP contribution in [-0.2, 0) is 26.2 Å². The molecular formula is C26H24Cl2PZr-5. The Bertz CT molecular complexity index is 576. The molecule has 0 fully saturated rings. The van der Waals surface area contributed by atoms with Crippen molar-refractivity contribution in [1.82, 2.24) is 0 Å². The number of halogens is 2. The summed E-state index contributed by atoms with van der Waals surface area (Å²) in [5.41, 5.74) is 0. The molecule has 3 aromatic rings. The fraction of sp³-hybridized carbons (Fsp3) is 0.0385. The van der Waals surface area contributed by atoms with E-state index < -0.39 is 0 Å². The van der Waals surface area contributed by atoms with E-state index in [1.807, 2.05) is 115 Å². The second kappa shape index (κ2) is 29.7. The van der Waals surface area contributed by atoms with Gasteiger partial charge < -0.3 is 0 Å². The van der Waals surface area contributed by atoms with E-state index in [9.17, 15) is 0 Å². The first-order valence-corrected chi connectivity index (χ1v) is 9.52. The third-order valence-corrected chi connectivity index (χ3v) is 3.30. The van der Waals surface area contributed by atoms with Gasteiger partial charge in [-0.1, -0.05) is 0 Å². The molecule has 0 saturated heterocycles. The molecule has 2 aliphatic rings. The first-order valence-electron chi connectivity index (χ1n) is 8.55. The van der Waals surface area contributed by atoms with Gasteiger partial charge in [-0.15, -0.1) is 31.2 Å². The summed E-state index contributed by atoms with van der Waals surface area (Å²) in [6, 6.07) is 37.5. The van der Waals surface area contributed by atoms with Crippen LogP contribution in [-0.4, -0.2) is 5.80 Å². The molecule has 0 radical (unpaired) electrons. The number of rotatable bonds is 0. The first kappa shape index (κ1) is 33.2. The summed E-state index contributed by atoms with van der Waals surface area (Å²) in [7, 11) is 1.25. The van der Waals surface area contributed by atoms with Crippen LogP contribution in [0.15, 0.2) is 121 Å². The van der Waals surface area contributed by atoms with Crippen molar-refractivity contribution in [3.8, 4) is 0 Å². The fourth-order valence-corrected chi connectivity index (χ4v) is 1.59. The Morgan fingerprint density at radius 3 is 1.00 bits per heavy atom. The number of hydrogen-bond acceptors (Lipinski definition) is 0. The van der Waals surface area contributed by atoms with E-state index in [1.54, 1.807) is 0 Å². The van der Waals surface area contributed by atoms with Gasteiger partial charge in [-0.2, -0.15) is 115 Å². The van der Waals surface area contributed by atoms with Crippen molar-refractivity contribution in [2.24, 2.45) is 0 Å². The van der Waals surface area contributed by atoms with Crippen molar-refractivity contribution < 1.29 is 26.2 Å². The van der Waals surface area contributed by atoms with Gasteiger partial charge in [0.05, 0.1) is 0 Å². The molecule has 0 unspecified atom stereocenters. The molecule has 30 heavy (non-hydrogen) atoms. The summed E-state index contributed by atoms with van der Waals surface area (Å²) in [6.07, 6.45) is 11.9. The van der Waals surface area contributed by atoms with Crippen LogP contribution in [0, 0.1) is 24.3 Å². The predicted molar refractivity (Wildman–Crippen MR) is 133 cm³/mol. The van der Waals surface area contributed by atoms with Crippen LogP contribution >= 0.6 is 33.0 Å². The molecule has 0 N–H and O–H groups in total. The van der Waals surface area contributed by atoms with Gasteiger partial charge in [0, 0.05) is 26.2 Å². The molecule has 0 bridgehead atoms. The summed E-state index contributed by atoms with van der Waals surface area (Å²) in [5, 5.41) is 0. The minimum atomic E-state index is 0. The fourth-order valence-electron chi connectivity index (χ4n) is 1.44. The Labute approximate surface area is 215 Å². The average Bonchev–Trinajstić information content (AvgIpc) is 3.32. The maximum absolute atomic E-state index is 2.99. The molecule has 1 aliphatic heterocycles. The number of benzene rings is 3. The topological polar surface area (TPSA) is 0 Å². The van der Waals surface area contributed by atoms with Crippen LogP contribution in [0.3, 0.4) is 0 Å². The Morgan fingerprint density at radius 1 is 0.600 bits per heavy atom. The van der Waals surface area contributed by atoms with Gasteiger partial charge in [0.2, 0.25) is 0 Å². The molecule has 0 aromatic heterocycles. The quantitative estimate of drug-likeness (QED) is 0.206. The van der Waals surface area contributed by atoms with E-state index in [1.165, 1.54) is 8.20 Å². The molecule has 1 heterocycles. The standard InChI is InChI=1S/3C6H5.C5H5.C3H2P.2ClH.Zr/c3*1-2-4-6-5-3-1;1-2-4-5-3-1;1-2-4-3-1;;;/h3*1-5H;1-3H,4H2;1-2H;2*1H;/q5*-1;;;. The monoisotopic (exact) mass is 527 g/mol. The van der Waals surface area contributed by atoms with Crippen molar-refractivity contribution >= 4 is 38.8 Å². The molecule has 5 rings (SSSR count). The van der Waals surface area contributed by atoms with Crippen LogP contribution in [0.2, 0.25) is 0 Å². The maximum atomic E-state index is 2.99. The van der Waals surface area contributed by atoms with Gasteiger partial charge in [0.25, 0.3) is 0 Å². The zero-order valence-electron chi connectivity index (χ0n) is 16.5. The predicted octanol–water partition coefficient (Wildman–Crippen LogP) is 7.75. The molecule has 0 nitrogen and oxygen atoms in total. The molecule has 1 aliphatic carbocycles. The summed E-state index contributed by atoms with van der Waals surface area (Å²) in [4.78, 5) is 0. The van der Waals surface area contributed by atoms with Gasteiger partial charge in [0.1, 0.15) is 0 Å². The molecule has 0 amide bonds. The largest absolute Gasteiger partial charge is 0.293 e. The van der Waals surface area contributed by atoms with Crippen molar-refractivity contribution in [2.45, 2.75) is 6.42 Å². The van der Waals surface area contributed by atoms with E-state index in [0.717, 1.165) is 6.42 Å². The molecule has 0 spiro atoms. The summed E-state index contributed by atoms with van der Waals surface area (Å²) < 4.78 is 0. The molecule has 156 valence electrons. The maximum Gasteiger partial charge on any atom is 0 e. The van der Waals surface area contributed by atoms with Crippen LogP contribution in [0.4, 0.5) is 0 Å². The zero-order valence-corrected chi connectivity index (χ0v) is 21.5. The zero-order chi connectivity index (χ0) is 19.1. The Kier molecular flexibility index (Phi) is 32.8. The van der Waals surface area contributed by atoms with E-state index in [0.29, 0.717) is 0 Å². The van der Waals surface area contributed by atoms with E-state index in [2.05, 4.69) is 36.1 Å². The van der Waals surface area contributed by atoms with Crippen molar-refractivity contribution in [2.75, 3.05) is 0 Å². The van der Waals surface area contributed by atoms with Gasteiger partial charge >= 0.3 is 0 Å². The van der Waals surface area contributed by atoms with E-state index in [-0.39, 0.29) is 51.0 Å². The molecule has 3 aromatic carbocycles. The first-order chi connectivity index (χ1) is 13.5. The Hall–Kier alpha value is -1.49. The van der Waals surface area contributed by atoms with Gasteiger partial charge in [-0.3, -0.25) is 14.3 Å². The van der Waals surface area contributed by atoms with Gasteiger partial charge in [0.15, 0.2) is 0 Å². The minimum absolute atomic E-state index is 0. The second-order valence-corrected chi connectivity index (χ2v) is 5.62. The van der Waals surface area contributed by atoms with Crippen LogP contribution in [0.25, 0.3) is 0 Å². The average molecular weight is 530 g/mol. The Morgan fingerprint density at radius 2 is 0.933 bits per heavy atom. The number of hydrogen-bond donors (Lipinski definition) is 0. The SMILES string of the molecule is Cl.Cl.[C-]1=CC=CC1.[C-]1=PC=C1.[Zr].[c-]1ccccc1.[c-]1ccccc1.[c-]1ccccc1. The van der Waals surface area contributed by atoms with Crippen molar-refractivity contribution in [3.63, 3.8) is 0 Å². The van der Waals surface area contributed by atoms with Crippen LogP contribution in [0.1, 0.15) is 6.42 Å². The van der Waals surface area contributed by atoms with E-state index in [4.69, 9.17) is 0 Å². The molecule has 4 heteroatoms.